The van der Waals surface area contributed by atoms with Crippen molar-refractivity contribution in [1.29, 1.82) is 0 Å². The van der Waals surface area contributed by atoms with E-state index < -0.39 is 0 Å². The number of aromatic amines is 1. The molecular formula is C22H31N5O2. The summed E-state index contributed by atoms with van der Waals surface area (Å²) in [6.07, 6.45) is 2.94. The lowest BCUT2D eigenvalue weighted by Crippen LogP contribution is -2.51. The maximum absolute atomic E-state index is 12.0. The van der Waals surface area contributed by atoms with Crippen LogP contribution in [-0.2, 0) is 13.0 Å². The summed E-state index contributed by atoms with van der Waals surface area (Å²) in [6, 6.07) is 9.88. The maximum Gasteiger partial charge on any atom is 0.319 e. The van der Waals surface area contributed by atoms with Gasteiger partial charge >= 0.3 is 6.03 Å². The molecular weight excluding hydrogens is 366 g/mol. The topological polar surface area (TPSA) is 72.5 Å². The standard InChI is InChI=1S/C22H31N5O2/c1-4-5-6-19-15-20(28)24-21(23-19)18-9-7-17(8-10-18)16-26-11-13-27(14-12-26)22(29)25(2)3/h7-10,15H,4-6,11-14,16H2,1-3H3,(H,23,24,28). The molecule has 0 spiro atoms. The van der Waals surface area contributed by atoms with Crippen molar-refractivity contribution in [2.24, 2.45) is 0 Å². The molecule has 1 aliphatic heterocycles. The van der Waals surface area contributed by atoms with Crippen molar-refractivity contribution in [1.82, 2.24) is 24.7 Å². The van der Waals surface area contributed by atoms with Crippen molar-refractivity contribution in [3.63, 3.8) is 0 Å². The first kappa shape index (κ1) is 21.0. The number of nitrogens with one attached hydrogen (secondary N) is 1. The minimum atomic E-state index is -0.102. The normalized spacial score (nSPS) is 14.8. The third-order valence-corrected chi connectivity index (χ3v) is 5.24. The number of hydrogen-bond acceptors (Lipinski definition) is 4. The average molecular weight is 398 g/mol. The van der Waals surface area contributed by atoms with E-state index in [1.807, 2.05) is 17.0 Å². The minimum Gasteiger partial charge on any atom is -0.331 e. The van der Waals surface area contributed by atoms with E-state index in [1.165, 1.54) is 5.56 Å². The lowest BCUT2D eigenvalue weighted by Gasteiger charge is -2.36. The van der Waals surface area contributed by atoms with Gasteiger partial charge in [0, 0.05) is 64.1 Å². The van der Waals surface area contributed by atoms with Crippen molar-refractivity contribution in [2.45, 2.75) is 32.7 Å². The second-order valence-corrected chi connectivity index (χ2v) is 7.83. The van der Waals surface area contributed by atoms with Crippen LogP contribution in [0.25, 0.3) is 11.4 Å². The smallest absolute Gasteiger partial charge is 0.319 e. The zero-order valence-electron chi connectivity index (χ0n) is 17.6. The number of piperazine rings is 1. The molecule has 1 saturated heterocycles. The number of aryl methyl sites for hydroxylation is 1. The number of H-pyrrole nitrogens is 1. The summed E-state index contributed by atoms with van der Waals surface area (Å²) in [5.74, 6) is 0.631. The molecule has 1 aromatic heterocycles. The van der Waals surface area contributed by atoms with Gasteiger partial charge in [-0.05, 0) is 18.4 Å². The predicted octanol–water partition coefficient (Wildman–Crippen LogP) is 2.58. The molecule has 2 aromatic rings. The number of unbranched alkanes of at least 4 members (excludes halogenated alkanes) is 1. The van der Waals surface area contributed by atoms with Gasteiger partial charge < -0.3 is 14.8 Å². The number of urea groups is 1. The van der Waals surface area contributed by atoms with E-state index in [1.54, 1.807) is 25.1 Å². The first-order valence-electron chi connectivity index (χ1n) is 10.3. The monoisotopic (exact) mass is 397 g/mol. The quantitative estimate of drug-likeness (QED) is 0.813. The molecule has 0 saturated carbocycles. The van der Waals surface area contributed by atoms with Gasteiger partial charge in [-0.3, -0.25) is 9.69 Å². The third-order valence-electron chi connectivity index (χ3n) is 5.24. The van der Waals surface area contributed by atoms with Crippen LogP contribution in [0.1, 0.15) is 31.0 Å². The van der Waals surface area contributed by atoms with Gasteiger partial charge in [-0.1, -0.05) is 37.6 Å². The number of rotatable bonds is 6. The highest BCUT2D eigenvalue weighted by Gasteiger charge is 2.22. The van der Waals surface area contributed by atoms with Crippen molar-refractivity contribution >= 4 is 6.03 Å². The molecule has 1 N–H and O–H groups in total. The largest absolute Gasteiger partial charge is 0.331 e. The molecule has 7 nitrogen and oxygen atoms in total. The summed E-state index contributed by atoms with van der Waals surface area (Å²) in [5, 5.41) is 0. The molecule has 1 fully saturated rings. The SMILES string of the molecule is CCCCc1cc(=O)[nH]c(-c2ccc(CN3CCN(C(=O)N(C)C)CC3)cc2)n1. The molecule has 1 aromatic carbocycles. The highest BCUT2D eigenvalue weighted by molar-refractivity contribution is 5.73. The van der Waals surface area contributed by atoms with Crippen molar-refractivity contribution < 1.29 is 4.79 Å². The predicted molar refractivity (Wildman–Crippen MR) is 115 cm³/mol. The van der Waals surface area contributed by atoms with E-state index in [-0.39, 0.29) is 11.6 Å². The molecule has 1 aliphatic rings. The van der Waals surface area contributed by atoms with E-state index in [0.717, 1.165) is 63.2 Å². The Morgan fingerprint density at radius 3 is 2.45 bits per heavy atom. The van der Waals surface area contributed by atoms with Crippen LogP contribution in [0, 0.1) is 0 Å². The summed E-state index contributed by atoms with van der Waals surface area (Å²) in [4.78, 5) is 37.4. The van der Waals surface area contributed by atoms with Crippen LogP contribution in [0.3, 0.4) is 0 Å². The minimum absolute atomic E-state index is 0.0802. The van der Waals surface area contributed by atoms with Gasteiger partial charge in [0.25, 0.3) is 5.56 Å². The Morgan fingerprint density at radius 1 is 1.14 bits per heavy atom. The van der Waals surface area contributed by atoms with Crippen molar-refractivity contribution in [3.8, 4) is 11.4 Å². The zero-order valence-corrected chi connectivity index (χ0v) is 17.6. The fourth-order valence-corrected chi connectivity index (χ4v) is 3.54. The third kappa shape index (κ3) is 5.67. The van der Waals surface area contributed by atoms with Gasteiger partial charge in [0.2, 0.25) is 0 Å². The Hall–Kier alpha value is -2.67. The number of amides is 2. The Bertz CT molecular complexity index is 868. The second-order valence-electron chi connectivity index (χ2n) is 7.83. The number of benzene rings is 1. The van der Waals surface area contributed by atoms with Crippen LogP contribution in [0.4, 0.5) is 4.79 Å². The number of nitrogens with zero attached hydrogens (tertiary/aromatic N) is 4. The molecule has 0 aliphatic carbocycles. The first-order valence-corrected chi connectivity index (χ1v) is 10.3. The molecule has 29 heavy (non-hydrogen) atoms. The van der Waals surface area contributed by atoms with Gasteiger partial charge in [-0.15, -0.1) is 0 Å². The lowest BCUT2D eigenvalue weighted by molar-refractivity contribution is 0.120. The summed E-state index contributed by atoms with van der Waals surface area (Å²) in [6.45, 7) is 6.23. The molecule has 0 atom stereocenters. The molecule has 0 bridgehead atoms. The molecule has 0 unspecified atom stereocenters. The second kappa shape index (κ2) is 9.69. The van der Waals surface area contributed by atoms with Crippen molar-refractivity contribution in [2.75, 3.05) is 40.3 Å². The van der Waals surface area contributed by atoms with Crippen LogP contribution in [-0.4, -0.2) is 71.0 Å². The van der Waals surface area contributed by atoms with Crippen LogP contribution in [0.15, 0.2) is 35.1 Å². The van der Waals surface area contributed by atoms with Gasteiger partial charge in [0.15, 0.2) is 0 Å². The summed E-state index contributed by atoms with van der Waals surface area (Å²) in [5.41, 5.74) is 2.88. The zero-order chi connectivity index (χ0) is 20.8. The fraction of sp³-hybridized carbons (Fsp3) is 0.500. The Kier molecular flexibility index (Phi) is 7.04. The van der Waals surface area contributed by atoms with Gasteiger partial charge in [0.05, 0.1) is 0 Å². The summed E-state index contributed by atoms with van der Waals surface area (Å²) in [7, 11) is 3.58. The molecule has 2 amide bonds. The van der Waals surface area contributed by atoms with E-state index in [4.69, 9.17) is 0 Å². The van der Waals surface area contributed by atoms with Crippen LogP contribution in [0.2, 0.25) is 0 Å². The first-order chi connectivity index (χ1) is 14.0. The van der Waals surface area contributed by atoms with E-state index in [0.29, 0.717) is 5.82 Å². The molecule has 7 heteroatoms. The van der Waals surface area contributed by atoms with E-state index in [9.17, 15) is 9.59 Å². The van der Waals surface area contributed by atoms with Gasteiger partial charge in [-0.25, -0.2) is 9.78 Å². The average Bonchev–Trinajstić information content (AvgIpc) is 2.72. The molecule has 3 rings (SSSR count). The van der Waals surface area contributed by atoms with Crippen molar-refractivity contribution in [3.05, 3.63) is 51.9 Å². The maximum atomic E-state index is 12.0. The molecule has 2 heterocycles. The van der Waals surface area contributed by atoms with Crippen LogP contribution < -0.4 is 5.56 Å². The summed E-state index contributed by atoms with van der Waals surface area (Å²) < 4.78 is 0. The van der Waals surface area contributed by atoms with Crippen LogP contribution in [0.5, 0.6) is 0 Å². The number of carbonyl (C=O) groups excluding carboxylic acids is 1. The Morgan fingerprint density at radius 2 is 1.83 bits per heavy atom. The Balaban J connectivity index is 1.61. The molecule has 156 valence electrons. The molecule has 0 radical (unpaired) electrons. The van der Waals surface area contributed by atoms with E-state index >= 15 is 0 Å². The highest BCUT2D eigenvalue weighted by Crippen LogP contribution is 2.17. The number of carbonyl (C=O) groups is 1. The Labute approximate surface area is 172 Å². The highest BCUT2D eigenvalue weighted by atomic mass is 16.2. The fourth-order valence-electron chi connectivity index (χ4n) is 3.54. The number of aromatic nitrogens is 2. The lowest BCUT2D eigenvalue weighted by atomic mass is 10.1. The summed E-state index contributed by atoms with van der Waals surface area (Å²) >= 11 is 0. The van der Waals surface area contributed by atoms with E-state index in [2.05, 4.69) is 33.9 Å². The number of hydrogen-bond donors (Lipinski definition) is 1. The van der Waals surface area contributed by atoms with Gasteiger partial charge in [-0.2, -0.15) is 0 Å². The van der Waals surface area contributed by atoms with Crippen LogP contribution >= 0.6 is 0 Å². The van der Waals surface area contributed by atoms with Gasteiger partial charge in [0.1, 0.15) is 5.82 Å².